The van der Waals surface area contributed by atoms with Crippen molar-refractivity contribution < 1.29 is 14.3 Å². The number of benzene rings is 1. The normalized spacial score (nSPS) is 10.2. The van der Waals surface area contributed by atoms with Gasteiger partial charge in [-0.05, 0) is 42.5 Å². The smallest absolute Gasteiger partial charge is 0.311 e. The molecule has 0 unspecified atom stereocenters. The number of rotatable bonds is 6. The van der Waals surface area contributed by atoms with E-state index in [9.17, 15) is 9.59 Å². The van der Waals surface area contributed by atoms with Gasteiger partial charge in [0, 0.05) is 16.9 Å². The summed E-state index contributed by atoms with van der Waals surface area (Å²) < 4.78 is 5.18. The fourth-order valence-electron chi connectivity index (χ4n) is 1.76. The third kappa shape index (κ3) is 4.20. The average Bonchev–Trinajstić information content (AvgIpc) is 2.92. The van der Waals surface area contributed by atoms with E-state index in [1.54, 1.807) is 29.5 Å². The lowest BCUT2D eigenvalue weighted by Gasteiger charge is -2.05. The Morgan fingerprint density at radius 2 is 2.05 bits per heavy atom. The van der Waals surface area contributed by atoms with E-state index in [1.165, 1.54) is 10.9 Å². The molecule has 0 aliphatic carbocycles. The summed E-state index contributed by atoms with van der Waals surface area (Å²) in [5.41, 5.74) is 5.50. The molecular formula is C15H15NO3S. The van der Waals surface area contributed by atoms with Crippen molar-refractivity contribution >= 4 is 23.2 Å². The third-order valence-electron chi connectivity index (χ3n) is 2.73. The summed E-state index contributed by atoms with van der Waals surface area (Å²) in [5.74, 6) is -0.494. The van der Waals surface area contributed by atoms with Crippen LogP contribution < -0.4 is 10.5 Å². The Balaban J connectivity index is 1.82. The minimum absolute atomic E-state index is 0.303. The first-order valence-electron chi connectivity index (χ1n) is 6.28. The van der Waals surface area contributed by atoms with Crippen molar-refractivity contribution in [2.45, 2.75) is 19.3 Å². The Kier molecular flexibility index (Phi) is 4.90. The lowest BCUT2D eigenvalue weighted by molar-refractivity contribution is -0.134. The molecule has 0 aliphatic rings. The first-order valence-corrected chi connectivity index (χ1v) is 7.16. The predicted octanol–water partition coefficient (Wildman–Crippen LogP) is 2.78. The molecule has 104 valence electrons. The highest BCUT2D eigenvalue weighted by atomic mass is 32.1. The second-order valence-electron chi connectivity index (χ2n) is 4.30. The van der Waals surface area contributed by atoms with Crippen LogP contribution in [0.1, 0.15) is 28.1 Å². The van der Waals surface area contributed by atoms with Crippen molar-refractivity contribution in [1.82, 2.24) is 0 Å². The van der Waals surface area contributed by atoms with E-state index in [4.69, 9.17) is 10.5 Å². The van der Waals surface area contributed by atoms with Crippen LogP contribution in [-0.2, 0) is 11.2 Å². The summed E-state index contributed by atoms with van der Waals surface area (Å²) in [6.07, 6.45) is 1.96. The maximum Gasteiger partial charge on any atom is 0.311 e. The molecule has 2 N–H and O–H groups in total. The number of carbonyl (C=O) groups is 2. The summed E-state index contributed by atoms with van der Waals surface area (Å²) in [7, 11) is 0. The van der Waals surface area contributed by atoms with Gasteiger partial charge in [-0.3, -0.25) is 9.59 Å². The summed E-state index contributed by atoms with van der Waals surface area (Å²) in [6.45, 7) is 0. The highest BCUT2D eigenvalue weighted by Crippen LogP contribution is 2.15. The Morgan fingerprint density at radius 3 is 2.75 bits per heavy atom. The van der Waals surface area contributed by atoms with E-state index < -0.39 is 5.91 Å². The lowest BCUT2D eigenvalue weighted by atomic mass is 10.2. The summed E-state index contributed by atoms with van der Waals surface area (Å²) in [4.78, 5) is 24.0. The Labute approximate surface area is 121 Å². The van der Waals surface area contributed by atoms with Gasteiger partial charge in [0.25, 0.3) is 0 Å². The number of esters is 1. The molecule has 0 fully saturated rings. The molecular weight excluding hydrogens is 274 g/mol. The van der Waals surface area contributed by atoms with Crippen LogP contribution in [0.3, 0.4) is 0 Å². The molecule has 1 aromatic carbocycles. The van der Waals surface area contributed by atoms with Gasteiger partial charge in [-0.25, -0.2) is 0 Å². The van der Waals surface area contributed by atoms with Gasteiger partial charge >= 0.3 is 5.97 Å². The summed E-state index contributed by atoms with van der Waals surface area (Å²) >= 11 is 1.68. The van der Waals surface area contributed by atoms with Crippen molar-refractivity contribution in [2.75, 3.05) is 0 Å². The number of hydrogen-bond acceptors (Lipinski definition) is 4. The minimum atomic E-state index is -0.541. The summed E-state index contributed by atoms with van der Waals surface area (Å²) in [6, 6.07) is 10.4. The molecule has 4 nitrogen and oxygen atoms in total. The van der Waals surface area contributed by atoms with E-state index >= 15 is 0 Å². The predicted molar refractivity (Wildman–Crippen MR) is 77.9 cm³/mol. The first-order chi connectivity index (χ1) is 9.65. The number of ether oxygens (including phenoxy) is 1. The molecule has 1 amide bonds. The van der Waals surface area contributed by atoms with E-state index in [-0.39, 0.29) is 5.97 Å². The van der Waals surface area contributed by atoms with Crippen molar-refractivity contribution in [1.29, 1.82) is 0 Å². The molecule has 1 heterocycles. The van der Waals surface area contributed by atoms with Gasteiger partial charge in [0.05, 0.1) is 0 Å². The molecule has 2 rings (SSSR count). The van der Waals surface area contributed by atoms with Crippen LogP contribution >= 0.6 is 11.3 Å². The van der Waals surface area contributed by atoms with Crippen molar-refractivity contribution in [3.63, 3.8) is 0 Å². The number of nitrogens with two attached hydrogens (primary N) is 1. The Hall–Kier alpha value is -2.14. The standard InChI is InChI=1S/C15H15NO3S/c16-15(18)11-4-1-5-12(10-11)19-14(17)8-2-6-13-7-3-9-20-13/h1,3-5,7,9-10H,2,6,8H2,(H2,16,18). The Morgan fingerprint density at radius 1 is 1.20 bits per heavy atom. The molecule has 20 heavy (non-hydrogen) atoms. The van der Waals surface area contributed by atoms with Crippen LogP contribution in [0.4, 0.5) is 0 Å². The number of amides is 1. The molecule has 0 saturated heterocycles. The number of aryl methyl sites for hydroxylation is 1. The number of primary amides is 1. The van der Waals surface area contributed by atoms with Crippen molar-refractivity contribution in [3.05, 3.63) is 52.2 Å². The monoisotopic (exact) mass is 289 g/mol. The second-order valence-corrected chi connectivity index (χ2v) is 5.33. The largest absolute Gasteiger partial charge is 0.427 e. The van der Waals surface area contributed by atoms with Crippen molar-refractivity contribution in [3.8, 4) is 5.75 Å². The van der Waals surface area contributed by atoms with Gasteiger partial charge in [-0.1, -0.05) is 12.1 Å². The maximum absolute atomic E-state index is 11.7. The Bertz CT molecular complexity index is 593. The van der Waals surface area contributed by atoms with Gasteiger partial charge in [0.1, 0.15) is 5.75 Å². The molecule has 0 bridgehead atoms. The number of thiophene rings is 1. The van der Waals surface area contributed by atoms with Gasteiger partial charge < -0.3 is 10.5 Å². The molecule has 5 heteroatoms. The van der Waals surface area contributed by atoms with Gasteiger partial charge in [0.15, 0.2) is 0 Å². The van der Waals surface area contributed by atoms with Crippen molar-refractivity contribution in [2.24, 2.45) is 5.73 Å². The molecule has 1 aromatic heterocycles. The van der Waals surface area contributed by atoms with Gasteiger partial charge in [-0.2, -0.15) is 0 Å². The minimum Gasteiger partial charge on any atom is -0.427 e. The zero-order chi connectivity index (χ0) is 14.4. The van der Waals surface area contributed by atoms with Crippen LogP contribution in [0, 0.1) is 0 Å². The zero-order valence-electron chi connectivity index (χ0n) is 10.9. The van der Waals surface area contributed by atoms with Crippen LogP contribution in [0.5, 0.6) is 5.75 Å². The highest BCUT2D eigenvalue weighted by Gasteiger charge is 2.07. The zero-order valence-corrected chi connectivity index (χ0v) is 11.7. The third-order valence-corrected chi connectivity index (χ3v) is 3.67. The molecule has 0 aliphatic heterocycles. The van der Waals surface area contributed by atoms with Crippen LogP contribution in [-0.4, -0.2) is 11.9 Å². The van der Waals surface area contributed by atoms with Crippen LogP contribution in [0.25, 0.3) is 0 Å². The topological polar surface area (TPSA) is 69.4 Å². The number of hydrogen-bond donors (Lipinski definition) is 1. The fourth-order valence-corrected chi connectivity index (χ4v) is 2.51. The second kappa shape index (κ2) is 6.86. The van der Waals surface area contributed by atoms with Crippen LogP contribution in [0.2, 0.25) is 0 Å². The van der Waals surface area contributed by atoms with E-state index in [0.29, 0.717) is 17.7 Å². The van der Waals surface area contributed by atoms with E-state index in [2.05, 4.69) is 0 Å². The molecule has 0 radical (unpaired) electrons. The SMILES string of the molecule is NC(=O)c1cccc(OC(=O)CCCc2cccs2)c1. The van der Waals surface area contributed by atoms with Gasteiger partial charge in [-0.15, -0.1) is 11.3 Å². The lowest BCUT2D eigenvalue weighted by Crippen LogP contribution is -2.12. The van der Waals surface area contributed by atoms with E-state index in [1.807, 2.05) is 17.5 Å². The fraction of sp³-hybridized carbons (Fsp3) is 0.200. The number of carbonyl (C=O) groups excluding carboxylic acids is 2. The molecule has 0 spiro atoms. The van der Waals surface area contributed by atoms with Gasteiger partial charge in [0.2, 0.25) is 5.91 Å². The summed E-state index contributed by atoms with van der Waals surface area (Å²) in [5, 5.41) is 2.02. The van der Waals surface area contributed by atoms with Crippen LogP contribution in [0.15, 0.2) is 41.8 Å². The average molecular weight is 289 g/mol. The molecule has 2 aromatic rings. The first kappa shape index (κ1) is 14.3. The molecule has 0 atom stereocenters. The highest BCUT2D eigenvalue weighted by molar-refractivity contribution is 7.09. The molecule has 0 saturated carbocycles. The maximum atomic E-state index is 11.7. The quantitative estimate of drug-likeness (QED) is 0.656. The van der Waals surface area contributed by atoms with E-state index in [0.717, 1.165) is 12.8 Å².